The molecule has 0 spiro atoms. The number of hydrogen-bond donors (Lipinski definition) is 1. The fourth-order valence-corrected chi connectivity index (χ4v) is 3.75. The van der Waals surface area contributed by atoms with E-state index in [1.807, 2.05) is 60.7 Å². The van der Waals surface area contributed by atoms with Crippen molar-refractivity contribution in [1.29, 1.82) is 0 Å². The Kier molecular flexibility index (Phi) is 6.67. The molecule has 0 radical (unpaired) electrons. The monoisotopic (exact) mass is 420 g/mol. The summed E-state index contributed by atoms with van der Waals surface area (Å²) in [5.41, 5.74) is 4.15. The van der Waals surface area contributed by atoms with E-state index in [4.69, 9.17) is 16.3 Å². The maximum atomic E-state index is 12.2. The third-order valence-corrected chi connectivity index (χ3v) is 5.50. The van der Waals surface area contributed by atoms with Crippen molar-refractivity contribution in [2.45, 2.75) is 19.4 Å². The van der Waals surface area contributed by atoms with Crippen molar-refractivity contribution >= 4 is 23.2 Å². The summed E-state index contributed by atoms with van der Waals surface area (Å²) in [6.07, 6.45) is 2.58. The number of hydrogen-bond acceptors (Lipinski definition) is 3. The number of amides is 1. The highest BCUT2D eigenvalue weighted by atomic mass is 35.5. The molecule has 154 valence electrons. The van der Waals surface area contributed by atoms with Crippen molar-refractivity contribution in [1.82, 2.24) is 4.90 Å². The number of carbonyl (C=O) groups is 1. The highest BCUT2D eigenvalue weighted by Crippen LogP contribution is 2.23. The van der Waals surface area contributed by atoms with E-state index in [0.29, 0.717) is 10.8 Å². The number of nitrogens with one attached hydrogen (secondary N) is 1. The predicted molar refractivity (Wildman–Crippen MR) is 122 cm³/mol. The average Bonchev–Trinajstić information content (AvgIpc) is 3.28. The van der Waals surface area contributed by atoms with Gasteiger partial charge in [-0.15, -0.1) is 0 Å². The number of ether oxygens (including phenoxy) is 1. The van der Waals surface area contributed by atoms with Crippen molar-refractivity contribution in [3.8, 4) is 16.9 Å². The van der Waals surface area contributed by atoms with Gasteiger partial charge in [0.1, 0.15) is 5.75 Å². The third kappa shape index (κ3) is 5.62. The summed E-state index contributed by atoms with van der Waals surface area (Å²) in [5.74, 6) is 0.517. The number of anilines is 1. The molecule has 3 aromatic carbocycles. The van der Waals surface area contributed by atoms with Gasteiger partial charge in [-0.3, -0.25) is 9.69 Å². The Bertz CT molecular complexity index is 964. The lowest BCUT2D eigenvalue weighted by Gasteiger charge is -2.14. The zero-order valence-corrected chi connectivity index (χ0v) is 17.6. The number of carbonyl (C=O) groups excluding carboxylic acids is 1. The first-order valence-corrected chi connectivity index (χ1v) is 10.6. The van der Waals surface area contributed by atoms with Crippen LogP contribution in [-0.2, 0) is 11.3 Å². The van der Waals surface area contributed by atoms with Crippen LogP contribution in [0.15, 0.2) is 72.8 Å². The van der Waals surface area contributed by atoms with Crippen molar-refractivity contribution in [2.75, 3.05) is 25.0 Å². The summed E-state index contributed by atoms with van der Waals surface area (Å²) in [6, 6.07) is 23.4. The smallest absolute Gasteiger partial charge is 0.262 e. The van der Waals surface area contributed by atoms with E-state index in [0.717, 1.165) is 23.4 Å². The Morgan fingerprint density at radius 1 is 0.867 bits per heavy atom. The second kappa shape index (κ2) is 9.79. The van der Waals surface area contributed by atoms with Gasteiger partial charge in [0.25, 0.3) is 5.91 Å². The van der Waals surface area contributed by atoms with Gasteiger partial charge in [-0.2, -0.15) is 0 Å². The topological polar surface area (TPSA) is 41.6 Å². The van der Waals surface area contributed by atoms with E-state index in [2.05, 4.69) is 22.3 Å². The van der Waals surface area contributed by atoms with E-state index in [1.54, 1.807) is 0 Å². The van der Waals surface area contributed by atoms with Crippen LogP contribution < -0.4 is 10.1 Å². The molecule has 30 heavy (non-hydrogen) atoms. The van der Waals surface area contributed by atoms with Crippen LogP contribution in [0.4, 0.5) is 5.69 Å². The summed E-state index contributed by atoms with van der Waals surface area (Å²) in [5, 5.41) is 3.58. The van der Waals surface area contributed by atoms with Crippen molar-refractivity contribution in [2.24, 2.45) is 0 Å². The van der Waals surface area contributed by atoms with Gasteiger partial charge < -0.3 is 10.1 Å². The van der Waals surface area contributed by atoms with Crippen LogP contribution in [0.25, 0.3) is 11.1 Å². The van der Waals surface area contributed by atoms with E-state index in [1.165, 1.54) is 31.5 Å². The van der Waals surface area contributed by atoms with Gasteiger partial charge in [0, 0.05) is 17.3 Å². The number of rotatable bonds is 7. The lowest BCUT2D eigenvalue weighted by Crippen LogP contribution is -2.20. The van der Waals surface area contributed by atoms with E-state index in [9.17, 15) is 4.79 Å². The maximum absolute atomic E-state index is 12.2. The van der Waals surface area contributed by atoms with Crippen molar-refractivity contribution < 1.29 is 9.53 Å². The minimum absolute atomic E-state index is 0.0234. The standard InChI is InChI=1S/C25H25ClN2O2/c26-22-9-5-20(6-10-22)21-7-11-23(12-8-21)27-25(29)18-30-24-13-3-19(4-14-24)17-28-15-1-2-16-28/h3-14H,1-2,15-18H2,(H,27,29). The van der Waals surface area contributed by atoms with Crippen LogP contribution in [0.5, 0.6) is 5.75 Å². The first-order chi connectivity index (χ1) is 14.7. The summed E-state index contributed by atoms with van der Waals surface area (Å²) in [4.78, 5) is 14.7. The zero-order chi connectivity index (χ0) is 20.8. The molecule has 0 bridgehead atoms. The summed E-state index contributed by atoms with van der Waals surface area (Å²) in [7, 11) is 0. The molecule has 1 fully saturated rings. The number of likely N-dealkylation sites (tertiary alicyclic amines) is 1. The number of halogens is 1. The molecule has 4 nitrogen and oxygen atoms in total. The molecule has 1 aliphatic rings. The molecular formula is C25H25ClN2O2. The van der Waals surface area contributed by atoms with Gasteiger partial charge in [0.2, 0.25) is 0 Å². The Balaban J connectivity index is 1.25. The van der Waals surface area contributed by atoms with Gasteiger partial charge >= 0.3 is 0 Å². The van der Waals surface area contributed by atoms with Gasteiger partial charge in [-0.05, 0) is 79.0 Å². The molecule has 0 saturated carbocycles. The second-order valence-corrected chi connectivity index (χ2v) is 7.98. The molecule has 0 aliphatic carbocycles. The summed E-state index contributed by atoms with van der Waals surface area (Å²) < 4.78 is 5.63. The molecule has 0 unspecified atom stereocenters. The summed E-state index contributed by atoms with van der Waals surface area (Å²) in [6.45, 7) is 3.31. The minimum Gasteiger partial charge on any atom is -0.484 e. The van der Waals surface area contributed by atoms with Gasteiger partial charge in [0.15, 0.2) is 6.61 Å². The third-order valence-electron chi connectivity index (χ3n) is 5.24. The molecule has 0 aromatic heterocycles. The van der Waals surface area contributed by atoms with E-state index in [-0.39, 0.29) is 12.5 Å². The number of nitrogens with zero attached hydrogens (tertiary/aromatic N) is 1. The molecule has 4 rings (SSSR count). The molecule has 1 amide bonds. The zero-order valence-electron chi connectivity index (χ0n) is 16.8. The quantitative estimate of drug-likeness (QED) is 0.539. The van der Waals surface area contributed by atoms with Crippen molar-refractivity contribution in [3.05, 3.63) is 83.4 Å². The van der Waals surface area contributed by atoms with Crippen LogP contribution in [-0.4, -0.2) is 30.5 Å². The molecule has 1 N–H and O–H groups in total. The van der Waals surface area contributed by atoms with Gasteiger partial charge in [-0.25, -0.2) is 0 Å². The SMILES string of the molecule is O=C(COc1ccc(CN2CCCC2)cc1)Nc1ccc(-c2ccc(Cl)cc2)cc1. The lowest BCUT2D eigenvalue weighted by molar-refractivity contribution is -0.118. The molecule has 1 saturated heterocycles. The number of benzene rings is 3. The fraction of sp³-hybridized carbons (Fsp3) is 0.240. The highest BCUT2D eigenvalue weighted by molar-refractivity contribution is 6.30. The first kappa shape index (κ1) is 20.5. The predicted octanol–water partition coefficient (Wildman–Crippen LogP) is 5.62. The molecule has 0 atom stereocenters. The largest absolute Gasteiger partial charge is 0.484 e. The van der Waals surface area contributed by atoms with Crippen LogP contribution in [0, 0.1) is 0 Å². The normalized spacial score (nSPS) is 13.9. The fourth-order valence-electron chi connectivity index (χ4n) is 3.62. The minimum atomic E-state index is -0.185. The molecule has 1 heterocycles. The lowest BCUT2D eigenvalue weighted by atomic mass is 10.1. The van der Waals surface area contributed by atoms with E-state index >= 15 is 0 Å². The summed E-state index contributed by atoms with van der Waals surface area (Å²) >= 11 is 5.94. The average molecular weight is 421 g/mol. The molecular weight excluding hydrogens is 396 g/mol. The first-order valence-electron chi connectivity index (χ1n) is 10.3. The highest BCUT2D eigenvalue weighted by Gasteiger charge is 2.11. The Morgan fingerprint density at radius 2 is 1.47 bits per heavy atom. The second-order valence-electron chi connectivity index (χ2n) is 7.55. The molecule has 5 heteroatoms. The Morgan fingerprint density at radius 3 is 2.10 bits per heavy atom. The van der Waals surface area contributed by atoms with Crippen LogP contribution in [0.3, 0.4) is 0 Å². The van der Waals surface area contributed by atoms with Crippen molar-refractivity contribution in [3.63, 3.8) is 0 Å². The van der Waals surface area contributed by atoms with E-state index < -0.39 is 0 Å². The van der Waals surface area contributed by atoms with Crippen LogP contribution in [0.2, 0.25) is 5.02 Å². The van der Waals surface area contributed by atoms with Crippen LogP contribution in [0.1, 0.15) is 18.4 Å². The Hall–Kier alpha value is -2.82. The molecule has 1 aliphatic heterocycles. The van der Waals surface area contributed by atoms with Gasteiger partial charge in [0.05, 0.1) is 0 Å². The van der Waals surface area contributed by atoms with Crippen LogP contribution >= 0.6 is 11.6 Å². The van der Waals surface area contributed by atoms with Gasteiger partial charge in [-0.1, -0.05) is 48.0 Å². The maximum Gasteiger partial charge on any atom is 0.262 e. The Labute approximate surface area is 182 Å². The molecule has 3 aromatic rings.